The van der Waals surface area contributed by atoms with Gasteiger partial charge >= 0.3 is 11.9 Å². The number of unbranched alkanes of at least 4 members (excludes halogenated alkanes) is 11. The van der Waals surface area contributed by atoms with Crippen LogP contribution < -0.4 is 0 Å². The maximum Gasteiger partial charge on any atom is 0.338 e. The summed E-state index contributed by atoms with van der Waals surface area (Å²) in [5, 5.41) is 0. The molecule has 0 unspecified atom stereocenters. The summed E-state index contributed by atoms with van der Waals surface area (Å²) in [7, 11) is 0. The molecule has 1 aromatic carbocycles. The molecule has 1 fully saturated rings. The van der Waals surface area contributed by atoms with Crippen LogP contribution >= 0.6 is 0 Å². The van der Waals surface area contributed by atoms with Crippen molar-refractivity contribution in [2.45, 2.75) is 141 Å². The molecule has 0 spiro atoms. The highest BCUT2D eigenvalue weighted by molar-refractivity contribution is 5.86. The standard InChI is InChI=1S/C32H52O6/c1-4-7-8-9-10-11-12-13-14-20-25-32(26-21-16-19-24-27-22-17-15-18-23-27)37-28(30(33)35-5-2)29(38-32)31(34)36-6-3/h15,17-18,22-23,28-29H,4-14,16,19-21,24-26H2,1-3H3/t28-,29-/m1/s1. The highest BCUT2D eigenvalue weighted by Gasteiger charge is 2.54. The third-order valence-corrected chi connectivity index (χ3v) is 7.27. The van der Waals surface area contributed by atoms with Gasteiger partial charge in [0.15, 0.2) is 18.0 Å². The van der Waals surface area contributed by atoms with Crippen molar-refractivity contribution in [3.8, 4) is 0 Å². The van der Waals surface area contributed by atoms with Crippen LogP contribution in [0.5, 0.6) is 0 Å². The van der Waals surface area contributed by atoms with Crippen LogP contribution in [0, 0.1) is 0 Å². The highest BCUT2D eigenvalue weighted by Crippen LogP contribution is 2.39. The number of esters is 2. The van der Waals surface area contributed by atoms with Gasteiger partial charge < -0.3 is 18.9 Å². The normalized spacial score (nSPS) is 18.4. The van der Waals surface area contributed by atoms with Crippen molar-refractivity contribution in [3.05, 3.63) is 35.9 Å². The molecule has 0 saturated carbocycles. The average molecular weight is 533 g/mol. The van der Waals surface area contributed by atoms with Gasteiger partial charge in [0.2, 0.25) is 0 Å². The SMILES string of the molecule is CCCCCCCCCCCCC1(CCCCCc2ccccc2)O[C@@H](C(=O)OCC)[C@H](C(=O)OCC)O1. The lowest BCUT2D eigenvalue weighted by molar-refractivity contribution is -0.197. The minimum Gasteiger partial charge on any atom is -0.464 e. The number of carbonyl (C=O) groups excluding carboxylic acids is 2. The summed E-state index contributed by atoms with van der Waals surface area (Å²) in [6, 6.07) is 10.5. The second kappa shape index (κ2) is 19.2. The van der Waals surface area contributed by atoms with E-state index in [9.17, 15) is 9.59 Å². The number of aryl methyl sites for hydroxylation is 1. The van der Waals surface area contributed by atoms with E-state index in [-0.39, 0.29) is 13.2 Å². The molecular weight excluding hydrogens is 480 g/mol. The van der Waals surface area contributed by atoms with E-state index in [0.717, 1.165) is 38.5 Å². The summed E-state index contributed by atoms with van der Waals surface area (Å²) in [6.45, 7) is 6.19. The van der Waals surface area contributed by atoms with Crippen LogP contribution in [-0.4, -0.2) is 43.1 Å². The van der Waals surface area contributed by atoms with Gasteiger partial charge in [0.25, 0.3) is 0 Å². The van der Waals surface area contributed by atoms with E-state index < -0.39 is 29.9 Å². The Bertz CT molecular complexity index is 738. The van der Waals surface area contributed by atoms with Crippen molar-refractivity contribution >= 4 is 11.9 Å². The molecule has 2 rings (SSSR count). The first-order valence-corrected chi connectivity index (χ1v) is 15.3. The van der Waals surface area contributed by atoms with Crippen molar-refractivity contribution < 1.29 is 28.5 Å². The molecule has 216 valence electrons. The van der Waals surface area contributed by atoms with Crippen molar-refractivity contribution in [1.29, 1.82) is 0 Å². The summed E-state index contributed by atoms with van der Waals surface area (Å²) >= 11 is 0. The van der Waals surface area contributed by atoms with Gasteiger partial charge in [0.05, 0.1) is 13.2 Å². The molecule has 6 nitrogen and oxygen atoms in total. The summed E-state index contributed by atoms with van der Waals surface area (Å²) < 4.78 is 23.0. The van der Waals surface area contributed by atoms with Crippen molar-refractivity contribution in [2.24, 2.45) is 0 Å². The lowest BCUT2D eigenvalue weighted by Crippen LogP contribution is -2.39. The smallest absolute Gasteiger partial charge is 0.338 e. The van der Waals surface area contributed by atoms with Crippen LogP contribution in [0.25, 0.3) is 0 Å². The van der Waals surface area contributed by atoms with E-state index in [4.69, 9.17) is 18.9 Å². The van der Waals surface area contributed by atoms with Crippen molar-refractivity contribution in [2.75, 3.05) is 13.2 Å². The number of carbonyl (C=O) groups is 2. The van der Waals surface area contributed by atoms with Crippen LogP contribution in [0.3, 0.4) is 0 Å². The maximum absolute atomic E-state index is 12.7. The number of rotatable bonds is 21. The molecular formula is C32H52O6. The van der Waals surface area contributed by atoms with E-state index in [1.807, 2.05) is 6.07 Å². The molecule has 0 bridgehead atoms. The van der Waals surface area contributed by atoms with E-state index in [1.54, 1.807) is 13.8 Å². The maximum atomic E-state index is 12.7. The third kappa shape index (κ3) is 11.9. The Hall–Kier alpha value is -1.92. The molecule has 1 aromatic rings. The van der Waals surface area contributed by atoms with Gasteiger partial charge in [0, 0.05) is 12.8 Å². The van der Waals surface area contributed by atoms with E-state index in [2.05, 4.69) is 31.2 Å². The molecule has 38 heavy (non-hydrogen) atoms. The molecule has 1 aliphatic heterocycles. The molecule has 6 heteroatoms. The second-order valence-corrected chi connectivity index (χ2v) is 10.5. The molecule has 0 N–H and O–H groups in total. The monoisotopic (exact) mass is 532 g/mol. The molecule has 0 aromatic heterocycles. The average Bonchev–Trinajstić information content (AvgIpc) is 3.31. The molecule has 2 atom stereocenters. The predicted octanol–water partition coefficient (Wildman–Crippen LogP) is 7.71. The zero-order chi connectivity index (χ0) is 27.5. The predicted molar refractivity (Wildman–Crippen MR) is 151 cm³/mol. The molecule has 1 heterocycles. The van der Waals surface area contributed by atoms with Crippen LogP contribution in [0.15, 0.2) is 30.3 Å². The van der Waals surface area contributed by atoms with E-state index in [1.165, 1.54) is 56.9 Å². The first-order valence-electron chi connectivity index (χ1n) is 15.3. The fourth-order valence-corrected chi connectivity index (χ4v) is 5.19. The van der Waals surface area contributed by atoms with Crippen LogP contribution in [-0.2, 0) is 35.0 Å². The first kappa shape index (κ1) is 32.3. The molecule has 1 aliphatic rings. The Kier molecular flexibility index (Phi) is 16.3. The number of hydrogen-bond acceptors (Lipinski definition) is 6. The highest BCUT2D eigenvalue weighted by atomic mass is 16.8. The zero-order valence-corrected chi connectivity index (χ0v) is 24.2. The topological polar surface area (TPSA) is 71.1 Å². The molecule has 0 amide bonds. The van der Waals surface area contributed by atoms with E-state index >= 15 is 0 Å². The summed E-state index contributed by atoms with van der Waals surface area (Å²) in [5.41, 5.74) is 1.34. The van der Waals surface area contributed by atoms with Gasteiger partial charge in [-0.15, -0.1) is 0 Å². The lowest BCUT2D eigenvalue weighted by Gasteiger charge is -2.28. The van der Waals surface area contributed by atoms with Gasteiger partial charge in [-0.25, -0.2) is 9.59 Å². The Labute approximate surface area is 231 Å². The molecule has 0 radical (unpaired) electrons. The number of hydrogen-bond donors (Lipinski definition) is 0. The van der Waals surface area contributed by atoms with Crippen LogP contribution in [0.2, 0.25) is 0 Å². The fourth-order valence-electron chi connectivity index (χ4n) is 5.19. The van der Waals surface area contributed by atoms with Gasteiger partial charge in [-0.1, -0.05) is 101 Å². The van der Waals surface area contributed by atoms with Gasteiger partial charge in [-0.2, -0.15) is 0 Å². The van der Waals surface area contributed by atoms with E-state index in [0.29, 0.717) is 12.8 Å². The number of benzene rings is 1. The zero-order valence-electron chi connectivity index (χ0n) is 24.2. The Morgan fingerprint density at radius 1 is 0.658 bits per heavy atom. The molecule has 1 saturated heterocycles. The summed E-state index contributed by atoms with van der Waals surface area (Å²) in [5.74, 6) is -2.07. The van der Waals surface area contributed by atoms with Crippen LogP contribution in [0.1, 0.15) is 123 Å². The Morgan fingerprint density at radius 2 is 1.11 bits per heavy atom. The Balaban J connectivity index is 1.91. The lowest BCUT2D eigenvalue weighted by atomic mass is 9.98. The second-order valence-electron chi connectivity index (χ2n) is 10.5. The quantitative estimate of drug-likeness (QED) is 0.119. The molecule has 0 aliphatic carbocycles. The van der Waals surface area contributed by atoms with Crippen LogP contribution in [0.4, 0.5) is 0 Å². The first-order chi connectivity index (χ1) is 18.5. The van der Waals surface area contributed by atoms with Crippen molar-refractivity contribution in [3.63, 3.8) is 0 Å². The summed E-state index contributed by atoms with van der Waals surface area (Å²) in [6.07, 6.45) is 15.5. The number of ether oxygens (including phenoxy) is 4. The van der Waals surface area contributed by atoms with Gasteiger partial charge in [-0.3, -0.25) is 0 Å². The van der Waals surface area contributed by atoms with Crippen molar-refractivity contribution in [1.82, 2.24) is 0 Å². The largest absolute Gasteiger partial charge is 0.464 e. The minimum absolute atomic E-state index is 0.221. The Morgan fingerprint density at radius 3 is 1.58 bits per heavy atom. The van der Waals surface area contributed by atoms with Gasteiger partial charge in [-0.05, 0) is 45.1 Å². The third-order valence-electron chi connectivity index (χ3n) is 7.27. The van der Waals surface area contributed by atoms with Gasteiger partial charge in [0.1, 0.15) is 0 Å². The minimum atomic E-state index is -1.08. The fraction of sp³-hybridized carbons (Fsp3) is 0.750. The summed E-state index contributed by atoms with van der Waals surface area (Å²) in [4.78, 5) is 25.4.